The van der Waals surface area contributed by atoms with E-state index in [0.717, 1.165) is 10.6 Å². The molecular weight excluding hydrogens is 220 g/mol. The van der Waals surface area contributed by atoms with Crippen molar-refractivity contribution in [1.29, 1.82) is 0 Å². The first kappa shape index (κ1) is 9.35. The minimum absolute atomic E-state index is 0.640. The van der Waals surface area contributed by atoms with E-state index in [-0.39, 0.29) is 0 Å². The highest BCUT2D eigenvalue weighted by molar-refractivity contribution is 7.98. The van der Waals surface area contributed by atoms with Crippen LogP contribution in [0.4, 0.5) is 5.82 Å². The summed E-state index contributed by atoms with van der Waals surface area (Å²) in [5.41, 5.74) is 0.992. The zero-order valence-corrected chi connectivity index (χ0v) is 9.06. The van der Waals surface area contributed by atoms with Crippen LogP contribution in [-0.4, -0.2) is 15.8 Å². The van der Waals surface area contributed by atoms with Gasteiger partial charge in [-0.2, -0.15) is 4.72 Å². The van der Waals surface area contributed by atoms with Crippen molar-refractivity contribution in [3.05, 3.63) is 48.3 Å². The first-order valence-electron chi connectivity index (χ1n) is 4.77. The molecule has 77 valence electrons. The third-order valence-electron chi connectivity index (χ3n) is 2.11. The van der Waals surface area contributed by atoms with Gasteiger partial charge in [0.2, 0.25) is 0 Å². The van der Waals surface area contributed by atoms with E-state index in [1.54, 1.807) is 12.4 Å². The highest BCUT2D eigenvalue weighted by Gasteiger charge is 2.16. The Labute approximate surface area is 97.0 Å². The third-order valence-corrected chi connectivity index (χ3v) is 2.83. The monoisotopic (exact) mass is 227 g/mol. The normalized spacial score (nSPS) is 13.6. The number of aliphatic imine (C=N–C) groups is 1. The minimum atomic E-state index is 0.640. The number of fused-ring (bicyclic) bond motifs is 1. The van der Waals surface area contributed by atoms with Crippen LogP contribution in [0.2, 0.25) is 0 Å². The number of benzene rings is 1. The van der Waals surface area contributed by atoms with Crippen molar-refractivity contribution in [3.63, 3.8) is 0 Å². The van der Waals surface area contributed by atoms with Crippen molar-refractivity contribution in [1.82, 2.24) is 14.7 Å². The quantitative estimate of drug-likeness (QED) is 0.701. The van der Waals surface area contributed by atoms with Gasteiger partial charge in [0.1, 0.15) is 0 Å². The van der Waals surface area contributed by atoms with Crippen LogP contribution in [0.15, 0.2) is 52.7 Å². The van der Waals surface area contributed by atoms with Crippen molar-refractivity contribution in [2.75, 3.05) is 0 Å². The molecule has 0 spiro atoms. The molecule has 5 heteroatoms. The van der Waals surface area contributed by atoms with Gasteiger partial charge in [-0.05, 0) is 0 Å². The summed E-state index contributed by atoms with van der Waals surface area (Å²) in [6.07, 6.45) is 3.28. The predicted molar refractivity (Wildman–Crippen MR) is 62.7 cm³/mol. The van der Waals surface area contributed by atoms with E-state index >= 15 is 0 Å². The minimum Gasteiger partial charge on any atom is -0.243 e. The lowest BCUT2D eigenvalue weighted by Crippen LogP contribution is -2.14. The fourth-order valence-electron chi connectivity index (χ4n) is 1.37. The topological polar surface area (TPSA) is 52.2 Å². The summed E-state index contributed by atoms with van der Waals surface area (Å²) in [5.74, 6) is 1.33. The number of hydrogen-bond donors (Lipinski definition) is 0. The Morgan fingerprint density at radius 2 is 1.75 bits per heavy atom. The van der Waals surface area contributed by atoms with E-state index in [0.29, 0.717) is 11.7 Å². The van der Waals surface area contributed by atoms with E-state index in [2.05, 4.69) is 19.7 Å². The van der Waals surface area contributed by atoms with E-state index < -0.39 is 0 Å². The molecule has 0 amide bonds. The Morgan fingerprint density at radius 1 is 0.938 bits per heavy atom. The van der Waals surface area contributed by atoms with E-state index in [1.807, 2.05) is 30.3 Å². The number of hydrogen-bond acceptors (Lipinski definition) is 4. The number of aromatic nitrogens is 2. The van der Waals surface area contributed by atoms with Crippen LogP contribution in [0.25, 0.3) is 0 Å². The second kappa shape index (κ2) is 3.94. The molecule has 1 aliphatic heterocycles. The third kappa shape index (κ3) is 1.65. The van der Waals surface area contributed by atoms with Crippen LogP contribution in [-0.2, 0) is 0 Å². The standard InChI is InChI=1S/C11H7N4S/c1-2-4-8(5-3-1)9-14-10-11(16-15-9)13-7-6-12-10/h1-7H. The Hall–Kier alpha value is -1.88. The molecule has 1 aromatic carbocycles. The van der Waals surface area contributed by atoms with Crippen LogP contribution in [0, 0.1) is 0 Å². The van der Waals surface area contributed by atoms with Gasteiger partial charge in [-0.1, -0.05) is 30.3 Å². The van der Waals surface area contributed by atoms with Crippen LogP contribution < -0.4 is 4.72 Å². The van der Waals surface area contributed by atoms with Crippen LogP contribution >= 0.6 is 11.9 Å². The number of rotatable bonds is 1. The molecule has 1 radical (unpaired) electrons. The molecule has 0 fully saturated rings. The van der Waals surface area contributed by atoms with Gasteiger partial charge in [0.25, 0.3) is 0 Å². The molecule has 0 N–H and O–H groups in total. The molecule has 0 bridgehead atoms. The molecular formula is C11H7N4S. The second-order valence-electron chi connectivity index (χ2n) is 3.17. The van der Waals surface area contributed by atoms with Crippen molar-refractivity contribution < 1.29 is 0 Å². The summed E-state index contributed by atoms with van der Waals surface area (Å²) in [6, 6.07) is 9.84. The smallest absolute Gasteiger partial charge is 0.188 e. The van der Waals surface area contributed by atoms with Crippen molar-refractivity contribution >= 4 is 23.6 Å². The van der Waals surface area contributed by atoms with E-state index in [4.69, 9.17) is 0 Å². The molecule has 0 unspecified atom stereocenters. The van der Waals surface area contributed by atoms with Gasteiger partial charge >= 0.3 is 0 Å². The largest absolute Gasteiger partial charge is 0.243 e. The van der Waals surface area contributed by atoms with Crippen LogP contribution in [0.1, 0.15) is 5.56 Å². The summed E-state index contributed by atoms with van der Waals surface area (Å²) in [4.78, 5) is 12.7. The lowest BCUT2D eigenvalue weighted by Gasteiger charge is -2.11. The fraction of sp³-hybridized carbons (Fsp3) is 0. The highest BCUT2D eigenvalue weighted by atomic mass is 32.2. The van der Waals surface area contributed by atoms with Gasteiger partial charge in [-0.15, -0.1) is 0 Å². The summed E-state index contributed by atoms with van der Waals surface area (Å²) in [7, 11) is 0. The SMILES string of the molecule is c1ccc(C2=Nc3nccnc3S[N]2)cc1. The molecule has 1 aromatic heterocycles. The summed E-state index contributed by atoms with van der Waals surface area (Å²) in [6.45, 7) is 0. The van der Waals surface area contributed by atoms with E-state index in [9.17, 15) is 0 Å². The Morgan fingerprint density at radius 3 is 2.62 bits per heavy atom. The maximum absolute atomic E-state index is 4.37. The number of amidine groups is 1. The fourth-order valence-corrected chi connectivity index (χ4v) is 1.98. The molecule has 3 rings (SSSR count). The second-order valence-corrected chi connectivity index (χ2v) is 3.92. The van der Waals surface area contributed by atoms with Gasteiger partial charge in [0.15, 0.2) is 16.7 Å². The maximum Gasteiger partial charge on any atom is 0.188 e. The summed E-state index contributed by atoms with van der Waals surface area (Å²) in [5, 5.41) is 0.752. The maximum atomic E-state index is 4.37. The molecule has 1 aliphatic rings. The first-order valence-corrected chi connectivity index (χ1v) is 5.54. The molecule has 2 aromatic rings. The summed E-state index contributed by atoms with van der Waals surface area (Å²) < 4.78 is 4.31. The lowest BCUT2D eigenvalue weighted by molar-refractivity contribution is 1.03. The molecule has 4 nitrogen and oxygen atoms in total. The zero-order valence-electron chi connectivity index (χ0n) is 8.24. The van der Waals surface area contributed by atoms with Gasteiger partial charge in [0, 0.05) is 29.9 Å². The zero-order chi connectivity index (χ0) is 10.8. The summed E-state index contributed by atoms with van der Waals surface area (Å²) >= 11 is 1.31. The van der Waals surface area contributed by atoms with Crippen molar-refractivity contribution in [3.8, 4) is 0 Å². The Balaban J connectivity index is 2.04. The van der Waals surface area contributed by atoms with Gasteiger partial charge < -0.3 is 0 Å². The average Bonchev–Trinajstić information content (AvgIpc) is 2.39. The Bertz CT molecular complexity index is 539. The Kier molecular flexibility index (Phi) is 2.30. The highest BCUT2D eigenvalue weighted by Crippen LogP contribution is 2.28. The lowest BCUT2D eigenvalue weighted by atomic mass is 10.2. The first-order chi connectivity index (χ1) is 7.93. The average molecular weight is 227 g/mol. The molecule has 2 heterocycles. The predicted octanol–water partition coefficient (Wildman–Crippen LogP) is 2.18. The molecule has 0 atom stereocenters. The molecule has 16 heavy (non-hydrogen) atoms. The van der Waals surface area contributed by atoms with Crippen LogP contribution in [0.5, 0.6) is 0 Å². The molecule has 0 saturated carbocycles. The van der Waals surface area contributed by atoms with Crippen LogP contribution in [0.3, 0.4) is 0 Å². The molecule has 0 aliphatic carbocycles. The van der Waals surface area contributed by atoms with E-state index in [1.165, 1.54) is 11.9 Å². The molecule has 0 saturated heterocycles. The van der Waals surface area contributed by atoms with Crippen molar-refractivity contribution in [2.24, 2.45) is 4.99 Å². The van der Waals surface area contributed by atoms with Gasteiger partial charge in [0.05, 0.1) is 0 Å². The van der Waals surface area contributed by atoms with Gasteiger partial charge in [-0.3, -0.25) is 0 Å². The number of nitrogens with zero attached hydrogens (tertiary/aromatic N) is 4. The van der Waals surface area contributed by atoms with Gasteiger partial charge in [-0.25, -0.2) is 15.0 Å². The van der Waals surface area contributed by atoms with Crippen molar-refractivity contribution in [2.45, 2.75) is 5.03 Å².